The maximum atomic E-state index is 6.00. The molecule has 5 nitrogen and oxygen atoms in total. The SMILES string of the molecule is Clc1cccnc1-c1noc(C2CNC2)n1. The Morgan fingerprint density at radius 1 is 1.44 bits per heavy atom. The molecule has 3 rings (SSSR count). The van der Waals surface area contributed by atoms with Gasteiger partial charge in [-0.1, -0.05) is 16.8 Å². The third kappa shape index (κ3) is 1.58. The summed E-state index contributed by atoms with van der Waals surface area (Å²) in [6.07, 6.45) is 1.65. The van der Waals surface area contributed by atoms with Crippen molar-refractivity contribution in [3.05, 3.63) is 29.2 Å². The number of aromatic nitrogens is 3. The molecule has 3 heterocycles. The van der Waals surface area contributed by atoms with Crippen LogP contribution in [-0.4, -0.2) is 28.2 Å². The number of rotatable bonds is 2. The van der Waals surface area contributed by atoms with Gasteiger partial charge in [0.05, 0.1) is 10.9 Å². The molecule has 0 bridgehead atoms. The van der Waals surface area contributed by atoms with Gasteiger partial charge in [0, 0.05) is 19.3 Å². The number of nitrogens with zero attached hydrogens (tertiary/aromatic N) is 3. The first-order chi connectivity index (χ1) is 7.84. The summed E-state index contributed by atoms with van der Waals surface area (Å²) in [7, 11) is 0. The van der Waals surface area contributed by atoms with Crippen LogP contribution in [0, 0.1) is 0 Å². The largest absolute Gasteiger partial charge is 0.339 e. The molecule has 6 heteroatoms. The minimum Gasteiger partial charge on any atom is -0.339 e. The first kappa shape index (κ1) is 9.74. The summed E-state index contributed by atoms with van der Waals surface area (Å²) in [5, 5.41) is 7.57. The van der Waals surface area contributed by atoms with Crippen molar-refractivity contribution >= 4 is 11.6 Å². The topological polar surface area (TPSA) is 63.8 Å². The Balaban J connectivity index is 1.95. The van der Waals surface area contributed by atoms with Crippen LogP contribution in [0.4, 0.5) is 0 Å². The Hall–Kier alpha value is -1.46. The van der Waals surface area contributed by atoms with Crippen molar-refractivity contribution in [1.29, 1.82) is 0 Å². The highest BCUT2D eigenvalue weighted by Gasteiger charge is 2.25. The molecule has 0 saturated carbocycles. The molecule has 0 atom stereocenters. The van der Waals surface area contributed by atoms with E-state index < -0.39 is 0 Å². The van der Waals surface area contributed by atoms with Crippen molar-refractivity contribution in [1.82, 2.24) is 20.4 Å². The number of hydrogen-bond donors (Lipinski definition) is 1. The van der Waals surface area contributed by atoms with Gasteiger partial charge in [0.1, 0.15) is 5.69 Å². The molecule has 1 fully saturated rings. The highest BCUT2D eigenvalue weighted by Crippen LogP contribution is 2.25. The number of halogens is 1. The predicted molar refractivity (Wildman–Crippen MR) is 58.1 cm³/mol. The van der Waals surface area contributed by atoms with Gasteiger partial charge in [-0.05, 0) is 12.1 Å². The second-order valence-electron chi connectivity index (χ2n) is 3.65. The lowest BCUT2D eigenvalue weighted by Crippen LogP contribution is -2.40. The average molecular weight is 237 g/mol. The fraction of sp³-hybridized carbons (Fsp3) is 0.300. The Morgan fingerprint density at radius 2 is 2.31 bits per heavy atom. The van der Waals surface area contributed by atoms with Gasteiger partial charge in [0.15, 0.2) is 0 Å². The molecule has 0 radical (unpaired) electrons. The van der Waals surface area contributed by atoms with Gasteiger partial charge < -0.3 is 9.84 Å². The van der Waals surface area contributed by atoms with Gasteiger partial charge in [-0.2, -0.15) is 4.98 Å². The second kappa shape index (κ2) is 3.84. The van der Waals surface area contributed by atoms with Gasteiger partial charge in [0.2, 0.25) is 11.7 Å². The van der Waals surface area contributed by atoms with Crippen LogP contribution in [0.5, 0.6) is 0 Å². The minimum absolute atomic E-state index is 0.323. The van der Waals surface area contributed by atoms with E-state index in [2.05, 4.69) is 20.4 Å². The molecule has 2 aromatic heterocycles. The summed E-state index contributed by atoms with van der Waals surface area (Å²) in [6.45, 7) is 1.77. The highest BCUT2D eigenvalue weighted by atomic mass is 35.5. The number of nitrogens with one attached hydrogen (secondary N) is 1. The van der Waals surface area contributed by atoms with E-state index in [0.29, 0.717) is 28.3 Å². The van der Waals surface area contributed by atoms with E-state index in [0.717, 1.165) is 13.1 Å². The van der Waals surface area contributed by atoms with Crippen molar-refractivity contribution < 1.29 is 4.52 Å². The highest BCUT2D eigenvalue weighted by molar-refractivity contribution is 6.32. The lowest BCUT2D eigenvalue weighted by Gasteiger charge is -2.22. The Bertz CT molecular complexity index is 509. The molecule has 0 aromatic carbocycles. The maximum absolute atomic E-state index is 6.00. The van der Waals surface area contributed by atoms with Crippen molar-refractivity contribution in [3.63, 3.8) is 0 Å². The fourth-order valence-electron chi connectivity index (χ4n) is 1.51. The van der Waals surface area contributed by atoms with E-state index in [1.54, 1.807) is 18.3 Å². The van der Waals surface area contributed by atoms with Crippen LogP contribution in [0.2, 0.25) is 5.02 Å². The Labute approximate surface area is 96.8 Å². The maximum Gasteiger partial charge on any atom is 0.232 e. The summed E-state index contributed by atoms with van der Waals surface area (Å²) >= 11 is 6.00. The Morgan fingerprint density at radius 3 is 3.00 bits per heavy atom. The minimum atomic E-state index is 0.323. The van der Waals surface area contributed by atoms with Crippen LogP contribution < -0.4 is 5.32 Å². The zero-order chi connectivity index (χ0) is 11.0. The second-order valence-corrected chi connectivity index (χ2v) is 4.05. The summed E-state index contributed by atoms with van der Waals surface area (Å²) < 4.78 is 5.18. The molecule has 1 saturated heterocycles. The molecule has 16 heavy (non-hydrogen) atoms. The first-order valence-corrected chi connectivity index (χ1v) is 5.37. The van der Waals surface area contributed by atoms with Crippen molar-refractivity contribution in [2.75, 3.05) is 13.1 Å². The molecule has 1 N–H and O–H groups in total. The summed E-state index contributed by atoms with van der Waals surface area (Å²) in [5.74, 6) is 1.42. The molecule has 82 valence electrons. The zero-order valence-corrected chi connectivity index (χ0v) is 9.11. The van der Waals surface area contributed by atoms with Gasteiger partial charge >= 0.3 is 0 Å². The molecule has 1 aliphatic heterocycles. The normalized spacial score (nSPS) is 16.1. The van der Waals surface area contributed by atoms with E-state index in [-0.39, 0.29) is 0 Å². The van der Waals surface area contributed by atoms with Crippen LogP contribution >= 0.6 is 11.6 Å². The quantitative estimate of drug-likeness (QED) is 0.856. The number of pyridine rings is 1. The van der Waals surface area contributed by atoms with Gasteiger partial charge in [-0.25, -0.2) is 0 Å². The van der Waals surface area contributed by atoms with E-state index in [9.17, 15) is 0 Å². The molecule has 1 aliphatic rings. The molecule has 0 spiro atoms. The lowest BCUT2D eigenvalue weighted by atomic mass is 10.0. The third-order valence-corrected chi connectivity index (χ3v) is 2.85. The van der Waals surface area contributed by atoms with Crippen molar-refractivity contribution in [2.45, 2.75) is 5.92 Å². The fourth-order valence-corrected chi connectivity index (χ4v) is 1.72. The van der Waals surface area contributed by atoms with Gasteiger partial charge in [-0.15, -0.1) is 0 Å². The third-order valence-electron chi connectivity index (χ3n) is 2.54. The van der Waals surface area contributed by atoms with Crippen LogP contribution in [0.1, 0.15) is 11.8 Å². The predicted octanol–water partition coefficient (Wildman–Crippen LogP) is 1.47. The van der Waals surface area contributed by atoms with Gasteiger partial charge in [0.25, 0.3) is 0 Å². The zero-order valence-electron chi connectivity index (χ0n) is 8.35. The van der Waals surface area contributed by atoms with Crippen LogP contribution in [0.25, 0.3) is 11.5 Å². The van der Waals surface area contributed by atoms with E-state index in [1.165, 1.54) is 0 Å². The molecular weight excluding hydrogens is 228 g/mol. The van der Waals surface area contributed by atoms with E-state index in [4.69, 9.17) is 16.1 Å². The first-order valence-electron chi connectivity index (χ1n) is 5.00. The van der Waals surface area contributed by atoms with Crippen LogP contribution in [0.3, 0.4) is 0 Å². The smallest absolute Gasteiger partial charge is 0.232 e. The standard InChI is InChI=1S/C10H9ClN4O/c11-7-2-1-3-13-8(7)9-14-10(16-15-9)6-4-12-5-6/h1-3,6,12H,4-5H2. The summed E-state index contributed by atoms with van der Waals surface area (Å²) in [5.41, 5.74) is 0.562. The van der Waals surface area contributed by atoms with Crippen LogP contribution in [-0.2, 0) is 0 Å². The molecule has 0 amide bonds. The molecular formula is C10H9ClN4O. The van der Waals surface area contributed by atoms with Gasteiger partial charge in [-0.3, -0.25) is 4.98 Å². The molecule has 0 aliphatic carbocycles. The van der Waals surface area contributed by atoms with E-state index in [1.807, 2.05) is 0 Å². The molecule has 0 unspecified atom stereocenters. The molecule has 2 aromatic rings. The van der Waals surface area contributed by atoms with E-state index >= 15 is 0 Å². The number of hydrogen-bond acceptors (Lipinski definition) is 5. The lowest BCUT2D eigenvalue weighted by molar-refractivity contribution is 0.308. The van der Waals surface area contributed by atoms with Crippen molar-refractivity contribution in [3.8, 4) is 11.5 Å². The monoisotopic (exact) mass is 236 g/mol. The summed E-state index contributed by atoms with van der Waals surface area (Å²) in [6, 6.07) is 3.52. The Kier molecular flexibility index (Phi) is 2.34. The van der Waals surface area contributed by atoms with Crippen molar-refractivity contribution in [2.24, 2.45) is 0 Å². The van der Waals surface area contributed by atoms with Crippen LogP contribution in [0.15, 0.2) is 22.9 Å². The average Bonchev–Trinajstić information content (AvgIpc) is 2.65. The summed E-state index contributed by atoms with van der Waals surface area (Å²) in [4.78, 5) is 8.43.